The molecule has 0 bridgehead atoms. The maximum Gasteiger partial charge on any atom is 0.248 e. The molecule has 3 aromatic carbocycles. The molecule has 0 aliphatic carbocycles. The highest BCUT2D eigenvalue weighted by molar-refractivity contribution is 7.40. The number of hydrogen-bond donors (Lipinski definition) is 0. The van der Waals surface area contributed by atoms with Crippen molar-refractivity contribution in [3.8, 4) is 0 Å². The van der Waals surface area contributed by atoms with Crippen LogP contribution in [0.1, 0.15) is 33.4 Å². The van der Waals surface area contributed by atoms with E-state index in [1.54, 1.807) is 0 Å². The predicted molar refractivity (Wildman–Crippen MR) is 118 cm³/mol. The summed E-state index contributed by atoms with van der Waals surface area (Å²) >= 11 is 7.73. The topological polar surface area (TPSA) is 0 Å². The van der Waals surface area contributed by atoms with E-state index in [0.29, 0.717) is 0 Å². The van der Waals surface area contributed by atoms with Crippen LogP contribution in [0.5, 0.6) is 0 Å². The van der Waals surface area contributed by atoms with Gasteiger partial charge < -0.3 is 0 Å². The van der Waals surface area contributed by atoms with Crippen LogP contribution < -0.4 is 15.6 Å². The highest BCUT2D eigenvalue weighted by Gasteiger charge is 2.41. The Bertz CT molecular complexity index is 847. The third-order valence-electron chi connectivity index (χ3n) is 5.26. The molecule has 0 N–H and O–H groups in total. The number of hydrogen-bond acceptors (Lipinski definition) is 0. The summed E-state index contributed by atoms with van der Waals surface area (Å²) in [5, 5.41) is 3.89. The lowest BCUT2D eigenvalue weighted by atomic mass is 10.1. The Kier molecular flexibility index (Phi) is 5.14. The molecular formula is C24H27ClSi. The molecule has 2 heteroatoms. The molecule has 0 nitrogen and oxygen atoms in total. The fraction of sp³-hybridized carbons (Fsp3) is 0.250. The van der Waals surface area contributed by atoms with E-state index in [-0.39, 0.29) is 0 Å². The first-order valence-electron chi connectivity index (χ1n) is 9.15. The highest BCUT2D eigenvalue weighted by atomic mass is 35.6. The third-order valence-corrected chi connectivity index (χ3v) is 11.0. The van der Waals surface area contributed by atoms with Crippen molar-refractivity contribution < 1.29 is 0 Å². The average molecular weight is 379 g/mol. The zero-order valence-corrected chi connectivity index (χ0v) is 18.3. The standard InChI is InChI=1S/C24H27ClSi/c1-16-7-10-22(19(4)13-16)26(25,23-11-8-17(2)14-20(23)5)24-12-9-18(3)15-21(24)6/h7-15H,1-6H3. The van der Waals surface area contributed by atoms with Crippen LogP contribution in [-0.2, 0) is 0 Å². The molecule has 0 saturated carbocycles. The minimum atomic E-state index is -2.61. The Balaban J connectivity index is 2.38. The van der Waals surface area contributed by atoms with Crippen molar-refractivity contribution in [2.75, 3.05) is 0 Å². The second kappa shape index (κ2) is 7.06. The van der Waals surface area contributed by atoms with Gasteiger partial charge in [0, 0.05) is 0 Å². The predicted octanol–water partition coefficient (Wildman–Crippen LogP) is 4.74. The molecule has 0 amide bonds. The van der Waals surface area contributed by atoms with Gasteiger partial charge in [0.1, 0.15) is 0 Å². The SMILES string of the molecule is Cc1ccc([Si](Cl)(c2ccc(C)cc2C)c2ccc(C)cc2C)c(C)c1. The van der Waals surface area contributed by atoms with Crippen molar-refractivity contribution in [1.29, 1.82) is 0 Å². The van der Waals surface area contributed by atoms with Crippen LogP contribution in [0, 0.1) is 41.5 Å². The van der Waals surface area contributed by atoms with E-state index in [2.05, 4.69) is 96.1 Å². The summed E-state index contributed by atoms with van der Waals surface area (Å²) in [5.74, 6) is 0. The van der Waals surface area contributed by atoms with Crippen molar-refractivity contribution in [2.45, 2.75) is 41.5 Å². The van der Waals surface area contributed by atoms with Crippen molar-refractivity contribution in [3.63, 3.8) is 0 Å². The first-order chi connectivity index (χ1) is 12.2. The summed E-state index contributed by atoms with van der Waals surface area (Å²) in [4.78, 5) is 0. The van der Waals surface area contributed by atoms with Gasteiger partial charge in [-0.2, -0.15) is 0 Å². The molecule has 0 spiro atoms. The third kappa shape index (κ3) is 3.26. The van der Waals surface area contributed by atoms with Crippen molar-refractivity contribution >= 4 is 34.0 Å². The number of benzene rings is 3. The van der Waals surface area contributed by atoms with Gasteiger partial charge >= 0.3 is 0 Å². The Morgan fingerprint density at radius 2 is 0.769 bits per heavy atom. The number of rotatable bonds is 3. The van der Waals surface area contributed by atoms with E-state index in [9.17, 15) is 0 Å². The van der Waals surface area contributed by atoms with Crippen LogP contribution in [0.15, 0.2) is 54.6 Å². The largest absolute Gasteiger partial charge is 0.248 e. The van der Waals surface area contributed by atoms with Crippen LogP contribution in [0.3, 0.4) is 0 Å². The number of aryl methyl sites for hydroxylation is 6. The van der Waals surface area contributed by atoms with Gasteiger partial charge in [-0.1, -0.05) is 71.3 Å². The van der Waals surface area contributed by atoms with Gasteiger partial charge in [-0.15, -0.1) is 11.1 Å². The monoisotopic (exact) mass is 378 g/mol. The van der Waals surface area contributed by atoms with E-state index >= 15 is 0 Å². The van der Waals surface area contributed by atoms with Gasteiger partial charge in [0.25, 0.3) is 0 Å². The van der Waals surface area contributed by atoms with Gasteiger partial charge in [-0.05, 0) is 73.8 Å². The first-order valence-corrected chi connectivity index (χ1v) is 12.2. The Labute approximate surface area is 163 Å². The normalized spacial score (nSPS) is 11.7. The van der Waals surface area contributed by atoms with Crippen molar-refractivity contribution in [3.05, 3.63) is 88.0 Å². The fourth-order valence-corrected chi connectivity index (χ4v) is 9.60. The van der Waals surface area contributed by atoms with Crippen molar-refractivity contribution in [2.24, 2.45) is 0 Å². The summed E-state index contributed by atoms with van der Waals surface area (Å²) in [6.45, 7) is 13.0. The van der Waals surface area contributed by atoms with Gasteiger partial charge in [0.05, 0.1) is 0 Å². The lowest BCUT2D eigenvalue weighted by Gasteiger charge is -2.31. The molecule has 26 heavy (non-hydrogen) atoms. The van der Waals surface area contributed by atoms with Crippen LogP contribution in [-0.4, -0.2) is 7.38 Å². The minimum Gasteiger partial charge on any atom is -0.149 e. The second-order valence-corrected chi connectivity index (χ2v) is 12.2. The lowest BCUT2D eigenvalue weighted by molar-refractivity contribution is 1.38. The van der Waals surface area contributed by atoms with E-state index < -0.39 is 7.38 Å². The minimum absolute atomic E-state index is 1.28. The molecule has 0 aromatic heterocycles. The fourth-order valence-electron chi connectivity index (χ4n) is 4.04. The van der Waals surface area contributed by atoms with E-state index in [0.717, 1.165) is 0 Å². The molecule has 3 rings (SSSR count). The quantitative estimate of drug-likeness (QED) is 0.350. The summed E-state index contributed by atoms with van der Waals surface area (Å²) in [7, 11) is -2.61. The van der Waals surface area contributed by atoms with Crippen LogP contribution in [0.25, 0.3) is 0 Å². The molecule has 0 unspecified atom stereocenters. The van der Waals surface area contributed by atoms with E-state index in [1.165, 1.54) is 48.9 Å². The molecule has 0 fully saturated rings. The Morgan fingerprint density at radius 3 is 1.00 bits per heavy atom. The molecule has 0 aliphatic heterocycles. The Hall–Kier alpha value is -1.83. The molecule has 0 saturated heterocycles. The average Bonchev–Trinajstić information content (AvgIpc) is 2.54. The smallest absolute Gasteiger partial charge is 0.149 e. The van der Waals surface area contributed by atoms with Gasteiger partial charge in [0.2, 0.25) is 7.38 Å². The highest BCUT2D eigenvalue weighted by Crippen LogP contribution is 2.19. The maximum absolute atomic E-state index is 7.73. The summed E-state index contributed by atoms with van der Waals surface area (Å²) in [5.41, 5.74) is 7.69. The molecular weight excluding hydrogens is 352 g/mol. The molecule has 0 aliphatic rings. The first kappa shape index (κ1) is 18.9. The van der Waals surface area contributed by atoms with E-state index in [4.69, 9.17) is 11.1 Å². The summed E-state index contributed by atoms with van der Waals surface area (Å²) in [6, 6.07) is 20.1. The Morgan fingerprint density at radius 1 is 0.500 bits per heavy atom. The second-order valence-electron chi connectivity index (χ2n) is 7.61. The molecule has 0 radical (unpaired) electrons. The maximum atomic E-state index is 7.73. The summed E-state index contributed by atoms with van der Waals surface area (Å²) in [6.07, 6.45) is 0. The molecule has 3 aromatic rings. The van der Waals surface area contributed by atoms with Crippen LogP contribution >= 0.6 is 11.1 Å². The number of halogens is 1. The molecule has 0 heterocycles. The summed E-state index contributed by atoms with van der Waals surface area (Å²) < 4.78 is 0. The zero-order chi connectivity index (χ0) is 19.1. The van der Waals surface area contributed by atoms with Gasteiger partial charge in [-0.25, -0.2) is 0 Å². The lowest BCUT2D eigenvalue weighted by Crippen LogP contribution is -2.65. The van der Waals surface area contributed by atoms with Gasteiger partial charge in [0.15, 0.2) is 0 Å². The molecule has 0 atom stereocenters. The zero-order valence-electron chi connectivity index (χ0n) is 16.6. The van der Waals surface area contributed by atoms with Gasteiger partial charge in [-0.3, -0.25) is 0 Å². The van der Waals surface area contributed by atoms with Crippen LogP contribution in [0.4, 0.5) is 0 Å². The van der Waals surface area contributed by atoms with Crippen LogP contribution in [0.2, 0.25) is 0 Å². The van der Waals surface area contributed by atoms with E-state index in [1.807, 2.05) is 0 Å². The molecule has 134 valence electrons. The van der Waals surface area contributed by atoms with Crippen molar-refractivity contribution in [1.82, 2.24) is 0 Å².